The molecule has 1 N–H and O–H groups in total. The lowest BCUT2D eigenvalue weighted by atomic mass is 9.95. The van der Waals surface area contributed by atoms with Crippen LogP contribution in [0.25, 0.3) is 0 Å². The predicted molar refractivity (Wildman–Crippen MR) is 121 cm³/mol. The zero-order chi connectivity index (χ0) is 21.8. The van der Waals surface area contributed by atoms with Crippen molar-refractivity contribution in [3.05, 3.63) is 40.7 Å². The first kappa shape index (κ1) is 22.1. The molecule has 0 bridgehead atoms. The van der Waals surface area contributed by atoms with Crippen molar-refractivity contribution in [3.63, 3.8) is 0 Å². The third kappa shape index (κ3) is 5.06. The van der Waals surface area contributed by atoms with E-state index in [1.165, 1.54) is 31.0 Å². The molecule has 1 aromatic carbocycles. The Morgan fingerprint density at radius 1 is 1.13 bits per heavy atom. The lowest BCUT2D eigenvalue weighted by Gasteiger charge is -2.24. The van der Waals surface area contributed by atoms with Gasteiger partial charge in [-0.25, -0.2) is 0 Å². The molecular weight excluding hydrogens is 434 g/mol. The van der Waals surface area contributed by atoms with E-state index in [9.17, 15) is 9.59 Å². The van der Waals surface area contributed by atoms with Crippen LogP contribution in [0.15, 0.2) is 29.4 Å². The number of thioether (sulfide) groups is 1. The van der Waals surface area contributed by atoms with E-state index in [1.54, 1.807) is 12.1 Å². The van der Waals surface area contributed by atoms with E-state index < -0.39 is 0 Å². The zero-order valence-electron chi connectivity index (χ0n) is 17.7. The second-order valence-electron chi connectivity index (χ2n) is 8.23. The molecule has 1 aromatic heterocycles. The Labute approximate surface area is 191 Å². The lowest BCUT2D eigenvalue weighted by Crippen LogP contribution is -2.37. The molecule has 1 aliphatic heterocycles. The summed E-state index contributed by atoms with van der Waals surface area (Å²) in [6.45, 7) is 0.661. The maximum atomic E-state index is 13.1. The van der Waals surface area contributed by atoms with Crippen molar-refractivity contribution >= 4 is 35.2 Å². The number of nitrogens with one attached hydrogen (secondary N) is 1. The summed E-state index contributed by atoms with van der Waals surface area (Å²) < 4.78 is 1.90. The molecule has 1 aliphatic carbocycles. The Morgan fingerprint density at radius 3 is 2.68 bits per heavy atom. The first-order valence-corrected chi connectivity index (χ1v) is 12.3. The minimum atomic E-state index is -0.147. The summed E-state index contributed by atoms with van der Waals surface area (Å²) in [4.78, 5) is 27.3. The maximum absolute atomic E-state index is 13.1. The average molecular weight is 462 g/mol. The van der Waals surface area contributed by atoms with Crippen LogP contribution in [0.4, 0.5) is 0 Å². The van der Waals surface area contributed by atoms with Crippen LogP contribution >= 0.6 is 23.4 Å². The highest BCUT2D eigenvalue weighted by Crippen LogP contribution is 2.34. The van der Waals surface area contributed by atoms with Crippen LogP contribution in [0.2, 0.25) is 5.02 Å². The van der Waals surface area contributed by atoms with Crippen LogP contribution < -0.4 is 5.32 Å². The number of hydrogen-bond acceptors (Lipinski definition) is 5. The van der Waals surface area contributed by atoms with Gasteiger partial charge in [-0.3, -0.25) is 9.59 Å². The van der Waals surface area contributed by atoms with Gasteiger partial charge in [0.2, 0.25) is 5.91 Å². The summed E-state index contributed by atoms with van der Waals surface area (Å²) in [6, 6.07) is 7.28. The fraction of sp³-hybridized carbons (Fsp3) is 0.545. The van der Waals surface area contributed by atoms with Gasteiger partial charge in [-0.05, 0) is 37.8 Å². The molecule has 166 valence electrons. The molecule has 7 nitrogen and oxygen atoms in total. The van der Waals surface area contributed by atoms with Gasteiger partial charge < -0.3 is 14.8 Å². The molecule has 1 saturated heterocycles. The lowest BCUT2D eigenvalue weighted by molar-refractivity contribution is -0.119. The van der Waals surface area contributed by atoms with Crippen molar-refractivity contribution in [2.24, 2.45) is 7.05 Å². The molecule has 9 heteroatoms. The highest BCUT2D eigenvalue weighted by molar-refractivity contribution is 7.99. The number of rotatable bonds is 6. The smallest absolute Gasteiger partial charge is 0.255 e. The molecule has 0 spiro atoms. The van der Waals surface area contributed by atoms with Gasteiger partial charge in [0, 0.05) is 19.6 Å². The fourth-order valence-corrected chi connectivity index (χ4v) is 5.40. The number of carbonyl (C=O) groups excluding carboxylic acids is 2. The van der Waals surface area contributed by atoms with E-state index in [0.717, 1.165) is 31.5 Å². The van der Waals surface area contributed by atoms with E-state index in [2.05, 4.69) is 15.5 Å². The quantitative estimate of drug-likeness (QED) is 0.658. The Kier molecular flexibility index (Phi) is 7.17. The van der Waals surface area contributed by atoms with Crippen molar-refractivity contribution in [2.75, 3.05) is 12.3 Å². The molecule has 1 unspecified atom stereocenters. The van der Waals surface area contributed by atoms with E-state index in [-0.39, 0.29) is 17.9 Å². The summed E-state index contributed by atoms with van der Waals surface area (Å²) in [7, 11) is 1.90. The van der Waals surface area contributed by atoms with Crippen LogP contribution in [0, 0.1) is 0 Å². The van der Waals surface area contributed by atoms with E-state index >= 15 is 0 Å². The summed E-state index contributed by atoms with van der Waals surface area (Å²) in [5.74, 6) is 1.01. The SMILES string of the molecule is Cn1c(SCC(=O)NC2CCCCC2)nnc1C1CCCN1C(=O)c1ccccc1Cl. The molecule has 2 heterocycles. The number of amides is 2. The molecule has 2 aromatic rings. The van der Waals surface area contributed by atoms with Crippen LogP contribution in [-0.2, 0) is 11.8 Å². The molecule has 31 heavy (non-hydrogen) atoms. The van der Waals surface area contributed by atoms with Crippen molar-refractivity contribution in [1.82, 2.24) is 25.0 Å². The van der Waals surface area contributed by atoms with Crippen molar-refractivity contribution in [2.45, 2.75) is 62.2 Å². The number of benzene rings is 1. The molecule has 1 atom stereocenters. The number of halogens is 1. The van der Waals surface area contributed by atoms with Crippen LogP contribution in [-0.4, -0.2) is 49.8 Å². The van der Waals surface area contributed by atoms with Crippen molar-refractivity contribution in [1.29, 1.82) is 0 Å². The van der Waals surface area contributed by atoms with E-state index in [1.807, 2.05) is 28.6 Å². The number of aromatic nitrogens is 3. The normalized spacial score (nSPS) is 19.5. The van der Waals surface area contributed by atoms with Crippen LogP contribution in [0.1, 0.15) is 67.2 Å². The molecular formula is C22H28ClN5O2S. The number of nitrogens with zero attached hydrogens (tertiary/aromatic N) is 4. The Balaban J connectivity index is 1.40. The van der Waals surface area contributed by atoms with Gasteiger partial charge in [0.15, 0.2) is 11.0 Å². The Hall–Kier alpha value is -2.06. The average Bonchev–Trinajstić information content (AvgIpc) is 3.39. The highest BCUT2D eigenvalue weighted by atomic mass is 35.5. The molecule has 1 saturated carbocycles. The van der Waals surface area contributed by atoms with Crippen molar-refractivity contribution in [3.8, 4) is 0 Å². The highest BCUT2D eigenvalue weighted by Gasteiger charge is 2.34. The number of likely N-dealkylation sites (tertiary alicyclic amines) is 1. The van der Waals surface area contributed by atoms with Gasteiger partial charge in [-0.2, -0.15) is 0 Å². The Morgan fingerprint density at radius 2 is 1.90 bits per heavy atom. The number of hydrogen-bond donors (Lipinski definition) is 1. The molecule has 4 rings (SSSR count). The predicted octanol–water partition coefficient (Wildman–Crippen LogP) is 3.99. The Bertz CT molecular complexity index is 944. The summed E-state index contributed by atoms with van der Waals surface area (Å²) >= 11 is 7.63. The van der Waals surface area contributed by atoms with Gasteiger partial charge in [-0.15, -0.1) is 10.2 Å². The van der Waals surface area contributed by atoms with Gasteiger partial charge >= 0.3 is 0 Å². The van der Waals surface area contributed by atoms with E-state index in [0.29, 0.717) is 34.1 Å². The monoisotopic (exact) mass is 461 g/mol. The minimum Gasteiger partial charge on any atom is -0.353 e. The third-order valence-corrected chi connectivity index (χ3v) is 7.44. The molecule has 2 aliphatic rings. The summed E-state index contributed by atoms with van der Waals surface area (Å²) in [5.41, 5.74) is 0.507. The standard InChI is InChI=1S/C22H28ClN5O2S/c1-27-20(18-12-7-13-28(18)21(30)16-10-5-6-11-17(16)23)25-26-22(27)31-14-19(29)24-15-8-3-2-4-9-15/h5-6,10-11,15,18H,2-4,7-9,12-14H2,1H3,(H,24,29). The number of carbonyl (C=O) groups is 2. The van der Waals surface area contributed by atoms with Gasteiger partial charge in [0.25, 0.3) is 5.91 Å². The largest absolute Gasteiger partial charge is 0.353 e. The van der Waals surface area contributed by atoms with Gasteiger partial charge in [-0.1, -0.05) is 54.8 Å². The van der Waals surface area contributed by atoms with Crippen LogP contribution in [0.3, 0.4) is 0 Å². The zero-order valence-corrected chi connectivity index (χ0v) is 19.3. The third-order valence-electron chi connectivity index (χ3n) is 6.09. The molecule has 2 fully saturated rings. The minimum absolute atomic E-state index is 0.0397. The second-order valence-corrected chi connectivity index (χ2v) is 9.58. The topological polar surface area (TPSA) is 80.1 Å². The fourth-order valence-electron chi connectivity index (χ4n) is 4.46. The maximum Gasteiger partial charge on any atom is 0.255 e. The molecule has 0 radical (unpaired) electrons. The summed E-state index contributed by atoms with van der Waals surface area (Å²) in [5, 5.41) is 12.9. The first-order valence-electron chi connectivity index (χ1n) is 10.9. The van der Waals surface area contributed by atoms with Gasteiger partial charge in [0.1, 0.15) is 0 Å². The first-order chi connectivity index (χ1) is 15.0. The molecule has 2 amide bonds. The van der Waals surface area contributed by atoms with Gasteiger partial charge in [0.05, 0.1) is 22.4 Å². The van der Waals surface area contributed by atoms with E-state index in [4.69, 9.17) is 11.6 Å². The van der Waals surface area contributed by atoms with Crippen LogP contribution in [0.5, 0.6) is 0 Å². The second kappa shape index (κ2) is 10.0. The summed E-state index contributed by atoms with van der Waals surface area (Å²) in [6.07, 6.45) is 7.52. The van der Waals surface area contributed by atoms with Crippen molar-refractivity contribution < 1.29 is 9.59 Å².